The number of nitriles is 1. The zero-order valence-electron chi connectivity index (χ0n) is 11.6. The molecule has 1 aromatic heterocycles. The van der Waals surface area contributed by atoms with Crippen LogP contribution < -0.4 is 0 Å². The molecule has 3 nitrogen and oxygen atoms in total. The Kier molecular flexibility index (Phi) is 2.77. The van der Waals surface area contributed by atoms with Gasteiger partial charge in [-0.05, 0) is 49.1 Å². The molecule has 2 aromatic rings. The second-order valence-corrected chi connectivity index (χ2v) is 6.40. The number of para-hydroxylation sites is 2. The van der Waals surface area contributed by atoms with Crippen LogP contribution in [0, 0.1) is 29.1 Å². The minimum atomic E-state index is 0.412. The Balaban J connectivity index is 1.70. The Morgan fingerprint density at radius 3 is 2.90 bits per heavy atom. The number of hydrogen-bond donors (Lipinski definition) is 0. The maximum atomic E-state index is 9.03. The first-order chi connectivity index (χ1) is 9.85. The van der Waals surface area contributed by atoms with E-state index in [1.165, 1.54) is 31.2 Å². The highest BCUT2D eigenvalue weighted by Gasteiger charge is 2.39. The van der Waals surface area contributed by atoms with Gasteiger partial charge in [0.1, 0.15) is 5.82 Å². The van der Waals surface area contributed by atoms with Crippen LogP contribution in [0.4, 0.5) is 0 Å². The number of rotatable bonds is 3. The molecule has 0 amide bonds. The molecule has 20 heavy (non-hydrogen) atoms. The summed E-state index contributed by atoms with van der Waals surface area (Å²) in [5.41, 5.74) is 2.22. The lowest BCUT2D eigenvalue weighted by Gasteiger charge is -2.23. The van der Waals surface area contributed by atoms with Gasteiger partial charge < -0.3 is 4.57 Å². The van der Waals surface area contributed by atoms with Crippen molar-refractivity contribution in [1.29, 1.82) is 5.26 Å². The quantitative estimate of drug-likeness (QED) is 0.851. The van der Waals surface area contributed by atoms with Crippen LogP contribution in [0.25, 0.3) is 11.0 Å². The average Bonchev–Trinajstić information content (AvgIpc) is 3.15. The highest BCUT2D eigenvalue weighted by atomic mass is 15.1. The molecule has 102 valence electrons. The predicted molar refractivity (Wildman–Crippen MR) is 78.0 cm³/mol. The summed E-state index contributed by atoms with van der Waals surface area (Å²) in [7, 11) is 0. The van der Waals surface area contributed by atoms with E-state index in [-0.39, 0.29) is 0 Å². The third-order valence-electron chi connectivity index (χ3n) is 5.27. The predicted octanol–water partition coefficient (Wildman–Crippen LogP) is 3.54. The molecule has 2 fully saturated rings. The number of hydrogen-bond acceptors (Lipinski definition) is 2. The van der Waals surface area contributed by atoms with Crippen molar-refractivity contribution >= 4 is 11.0 Å². The molecule has 4 rings (SSSR count). The van der Waals surface area contributed by atoms with E-state index in [9.17, 15) is 0 Å². The summed E-state index contributed by atoms with van der Waals surface area (Å²) in [5, 5.41) is 9.03. The minimum Gasteiger partial charge on any atom is -0.327 e. The van der Waals surface area contributed by atoms with Crippen LogP contribution in [0.15, 0.2) is 24.3 Å². The van der Waals surface area contributed by atoms with Crippen LogP contribution in [0.1, 0.15) is 31.5 Å². The second kappa shape index (κ2) is 4.63. The molecule has 0 spiro atoms. The number of aromatic nitrogens is 2. The molecule has 0 N–H and O–H groups in total. The molecule has 1 heterocycles. The van der Waals surface area contributed by atoms with Gasteiger partial charge in [-0.15, -0.1) is 0 Å². The molecule has 0 aliphatic heterocycles. The summed E-state index contributed by atoms with van der Waals surface area (Å²) in [4.78, 5) is 4.65. The van der Waals surface area contributed by atoms with Gasteiger partial charge in [0.25, 0.3) is 0 Å². The van der Waals surface area contributed by atoms with Crippen molar-refractivity contribution in [3.05, 3.63) is 30.1 Å². The van der Waals surface area contributed by atoms with E-state index in [4.69, 9.17) is 5.26 Å². The SMILES string of the molecule is N#CCc1nc2ccccc2n1CC1CC2CCC1C2. The Hall–Kier alpha value is -1.82. The summed E-state index contributed by atoms with van der Waals surface area (Å²) in [5.74, 6) is 3.62. The van der Waals surface area contributed by atoms with Gasteiger partial charge in [0.05, 0.1) is 23.5 Å². The van der Waals surface area contributed by atoms with Gasteiger partial charge in [-0.2, -0.15) is 5.26 Å². The Morgan fingerprint density at radius 1 is 1.25 bits per heavy atom. The summed E-state index contributed by atoms with van der Waals surface area (Å²) in [6.07, 6.45) is 6.08. The van der Waals surface area contributed by atoms with Crippen LogP contribution in [0.3, 0.4) is 0 Å². The van der Waals surface area contributed by atoms with Crippen molar-refractivity contribution in [2.75, 3.05) is 0 Å². The van der Waals surface area contributed by atoms with Crippen LogP contribution >= 0.6 is 0 Å². The first-order valence-electron chi connectivity index (χ1n) is 7.66. The van der Waals surface area contributed by atoms with E-state index < -0.39 is 0 Å². The first-order valence-corrected chi connectivity index (χ1v) is 7.66. The minimum absolute atomic E-state index is 0.412. The second-order valence-electron chi connectivity index (χ2n) is 6.40. The molecule has 0 radical (unpaired) electrons. The van der Waals surface area contributed by atoms with Crippen molar-refractivity contribution in [2.45, 2.75) is 38.6 Å². The van der Waals surface area contributed by atoms with E-state index in [0.29, 0.717) is 6.42 Å². The highest BCUT2D eigenvalue weighted by molar-refractivity contribution is 5.76. The molecule has 2 saturated carbocycles. The fourth-order valence-corrected chi connectivity index (χ4v) is 4.37. The van der Waals surface area contributed by atoms with Crippen molar-refractivity contribution in [3.8, 4) is 6.07 Å². The van der Waals surface area contributed by atoms with Crippen LogP contribution in [-0.2, 0) is 13.0 Å². The average molecular weight is 265 g/mol. The molecular weight excluding hydrogens is 246 g/mol. The lowest BCUT2D eigenvalue weighted by atomic mass is 9.88. The van der Waals surface area contributed by atoms with Crippen LogP contribution in [0.5, 0.6) is 0 Å². The fourth-order valence-electron chi connectivity index (χ4n) is 4.37. The number of benzene rings is 1. The maximum absolute atomic E-state index is 9.03. The van der Waals surface area contributed by atoms with Crippen molar-refractivity contribution in [3.63, 3.8) is 0 Å². The van der Waals surface area contributed by atoms with Gasteiger partial charge >= 0.3 is 0 Å². The molecule has 0 saturated heterocycles. The molecule has 2 aliphatic carbocycles. The van der Waals surface area contributed by atoms with Crippen molar-refractivity contribution in [2.24, 2.45) is 17.8 Å². The largest absolute Gasteiger partial charge is 0.327 e. The Labute approximate surface area is 119 Å². The molecule has 2 bridgehead atoms. The van der Waals surface area contributed by atoms with Gasteiger partial charge in [-0.1, -0.05) is 18.6 Å². The summed E-state index contributed by atoms with van der Waals surface area (Å²) in [6, 6.07) is 10.5. The van der Waals surface area contributed by atoms with E-state index in [1.54, 1.807) is 0 Å². The molecular formula is C17H19N3. The number of fused-ring (bicyclic) bond motifs is 3. The lowest BCUT2D eigenvalue weighted by Crippen LogP contribution is -2.18. The molecule has 3 heteroatoms. The maximum Gasteiger partial charge on any atom is 0.124 e. The Morgan fingerprint density at radius 2 is 2.15 bits per heavy atom. The van der Waals surface area contributed by atoms with E-state index >= 15 is 0 Å². The molecule has 1 aromatic carbocycles. The monoisotopic (exact) mass is 265 g/mol. The van der Waals surface area contributed by atoms with E-state index in [2.05, 4.69) is 27.8 Å². The smallest absolute Gasteiger partial charge is 0.124 e. The van der Waals surface area contributed by atoms with Crippen LogP contribution in [0.2, 0.25) is 0 Å². The molecule has 3 atom stereocenters. The zero-order chi connectivity index (χ0) is 13.5. The van der Waals surface area contributed by atoms with Gasteiger partial charge in [-0.25, -0.2) is 4.98 Å². The highest BCUT2D eigenvalue weighted by Crippen LogP contribution is 2.49. The summed E-state index contributed by atoms with van der Waals surface area (Å²) >= 11 is 0. The van der Waals surface area contributed by atoms with Crippen LogP contribution in [-0.4, -0.2) is 9.55 Å². The third-order valence-corrected chi connectivity index (χ3v) is 5.27. The fraction of sp³-hybridized carbons (Fsp3) is 0.529. The molecule has 2 aliphatic rings. The third kappa shape index (κ3) is 1.83. The van der Waals surface area contributed by atoms with Gasteiger partial charge in [0.2, 0.25) is 0 Å². The zero-order valence-corrected chi connectivity index (χ0v) is 11.6. The molecule has 3 unspecified atom stereocenters. The summed E-state index contributed by atoms with van der Waals surface area (Å²) < 4.78 is 2.31. The van der Waals surface area contributed by atoms with E-state index in [0.717, 1.165) is 35.6 Å². The number of imidazole rings is 1. The standard InChI is InChI=1S/C17H19N3/c18-8-7-17-19-15-3-1-2-4-16(15)20(17)11-14-10-12-5-6-13(14)9-12/h1-4,12-14H,5-7,9-11H2. The topological polar surface area (TPSA) is 41.6 Å². The van der Waals surface area contributed by atoms with Gasteiger partial charge in [0.15, 0.2) is 0 Å². The van der Waals surface area contributed by atoms with Crippen molar-refractivity contribution < 1.29 is 0 Å². The first kappa shape index (κ1) is 12.0. The van der Waals surface area contributed by atoms with E-state index in [1.807, 2.05) is 12.1 Å². The summed E-state index contributed by atoms with van der Waals surface area (Å²) in [6.45, 7) is 1.05. The van der Waals surface area contributed by atoms with Crippen molar-refractivity contribution in [1.82, 2.24) is 9.55 Å². The van der Waals surface area contributed by atoms with Gasteiger partial charge in [0, 0.05) is 6.54 Å². The number of nitrogens with zero attached hydrogens (tertiary/aromatic N) is 3. The normalized spacial score (nSPS) is 28.1. The Bertz CT molecular complexity index is 679. The van der Waals surface area contributed by atoms with Gasteiger partial charge in [-0.3, -0.25) is 0 Å². The lowest BCUT2D eigenvalue weighted by molar-refractivity contribution is 0.296.